The molecule has 8 nitrogen and oxygen atoms in total. The van der Waals surface area contributed by atoms with Crippen LogP contribution in [0.4, 0.5) is 0 Å². The van der Waals surface area contributed by atoms with Crippen molar-refractivity contribution >= 4 is 0 Å². The molecule has 0 aromatic heterocycles. The smallest absolute Gasteiger partial charge is 0.186 e. The standard InChI is InChI=1S/C24H47NO7/c1-2-3-4-5-6-7-8-9-10-11-12-13-14-15-19(27)18(25)17-31-24-23(30)22(29)21(28)20(16-26)32-24/h14-15,18-24,26-30H,2-13,16-17,25H2,1H3/b15-14+/t18-,19+,20?,21+,22?,23-,24+/m0/s1. The van der Waals surface area contributed by atoms with E-state index in [1.807, 2.05) is 6.08 Å². The summed E-state index contributed by atoms with van der Waals surface area (Å²) in [6.07, 6.45) is 11.1. The van der Waals surface area contributed by atoms with Gasteiger partial charge < -0.3 is 40.7 Å². The Morgan fingerprint density at radius 3 is 2.00 bits per heavy atom. The first-order valence-corrected chi connectivity index (χ1v) is 12.4. The SMILES string of the molecule is CCCCCCCCCCCCC/C=C/[C@@H](O)[C@@H](N)CO[C@@H]1OC(CO)[C@@H](O)C(O)[C@@H]1O. The Balaban J connectivity index is 2.10. The number of unbranched alkanes of at least 4 members (excludes halogenated alkanes) is 11. The summed E-state index contributed by atoms with van der Waals surface area (Å²) >= 11 is 0. The fraction of sp³-hybridized carbons (Fsp3) is 0.917. The van der Waals surface area contributed by atoms with E-state index >= 15 is 0 Å². The molecule has 1 heterocycles. The molecule has 1 rings (SSSR count). The van der Waals surface area contributed by atoms with Crippen molar-refractivity contribution in [2.24, 2.45) is 5.73 Å². The molecular weight excluding hydrogens is 414 g/mol. The third kappa shape index (κ3) is 11.5. The van der Waals surface area contributed by atoms with E-state index in [0.29, 0.717) is 0 Å². The Hall–Kier alpha value is -0.580. The summed E-state index contributed by atoms with van der Waals surface area (Å²) in [7, 11) is 0. The molecule has 0 aliphatic carbocycles. The third-order valence-electron chi connectivity index (χ3n) is 6.05. The Morgan fingerprint density at radius 2 is 1.44 bits per heavy atom. The van der Waals surface area contributed by atoms with Gasteiger partial charge in [-0.15, -0.1) is 0 Å². The van der Waals surface area contributed by atoms with E-state index in [4.69, 9.17) is 15.2 Å². The largest absolute Gasteiger partial charge is 0.394 e. The van der Waals surface area contributed by atoms with Crippen LogP contribution in [0.1, 0.15) is 84.0 Å². The van der Waals surface area contributed by atoms with Crippen LogP contribution in [-0.2, 0) is 9.47 Å². The summed E-state index contributed by atoms with van der Waals surface area (Å²) in [5, 5.41) is 48.8. The summed E-state index contributed by atoms with van der Waals surface area (Å²) in [5.74, 6) is 0. The summed E-state index contributed by atoms with van der Waals surface area (Å²) in [5.41, 5.74) is 5.93. The number of ether oxygens (including phenoxy) is 2. The average Bonchev–Trinajstić information content (AvgIpc) is 2.79. The Kier molecular flexibility index (Phi) is 16.4. The van der Waals surface area contributed by atoms with Crippen molar-refractivity contribution in [3.8, 4) is 0 Å². The molecule has 1 fully saturated rings. The molecule has 0 aromatic rings. The number of rotatable bonds is 18. The normalized spacial score (nSPS) is 28.3. The summed E-state index contributed by atoms with van der Waals surface area (Å²) < 4.78 is 10.6. The van der Waals surface area contributed by atoms with Crippen molar-refractivity contribution in [2.45, 2.75) is 127 Å². The molecule has 190 valence electrons. The fourth-order valence-electron chi connectivity index (χ4n) is 3.81. The lowest BCUT2D eigenvalue weighted by Gasteiger charge is -2.39. The zero-order valence-electron chi connectivity index (χ0n) is 19.7. The molecule has 0 amide bonds. The van der Waals surface area contributed by atoms with Crippen LogP contribution in [0.5, 0.6) is 0 Å². The highest BCUT2D eigenvalue weighted by Crippen LogP contribution is 2.22. The number of hydrogen-bond acceptors (Lipinski definition) is 8. The highest BCUT2D eigenvalue weighted by molar-refractivity contribution is 4.94. The summed E-state index contributed by atoms with van der Waals surface area (Å²) in [6.45, 7) is 1.60. The van der Waals surface area contributed by atoms with Crippen LogP contribution in [-0.4, -0.2) is 81.6 Å². The zero-order valence-corrected chi connectivity index (χ0v) is 19.7. The molecule has 0 spiro atoms. The van der Waals surface area contributed by atoms with Crippen LogP contribution in [0, 0.1) is 0 Å². The van der Waals surface area contributed by atoms with Gasteiger partial charge in [-0.1, -0.05) is 83.3 Å². The molecule has 7 N–H and O–H groups in total. The minimum Gasteiger partial charge on any atom is -0.394 e. The molecular formula is C24H47NO7. The van der Waals surface area contributed by atoms with Crippen LogP contribution in [0.15, 0.2) is 12.2 Å². The lowest BCUT2D eigenvalue weighted by Crippen LogP contribution is -2.59. The topological polar surface area (TPSA) is 146 Å². The van der Waals surface area contributed by atoms with Crippen molar-refractivity contribution in [1.29, 1.82) is 0 Å². The van der Waals surface area contributed by atoms with E-state index in [0.717, 1.165) is 12.8 Å². The van der Waals surface area contributed by atoms with Gasteiger partial charge in [0.2, 0.25) is 0 Å². The Labute approximate surface area is 193 Å². The van der Waals surface area contributed by atoms with E-state index < -0.39 is 49.5 Å². The lowest BCUT2D eigenvalue weighted by molar-refractivity contribution is -0.302. The van der Waals surface area contributed by atoms with Crippen LogP contribution >= 0.6 is 0 Å². The minimum atomic E-state index is -1.50. The van der Waals surface area contributed by atoms with Crippen molar-refractivity contribution in [3.05, 3.63) is 12.2 Å². The zero-order chi connectivity index (χ0) is 23.8. The van der Waals surface area contributed by atoms with Crippen molar-refractivity contribution < 1.29 is 35.0 Å². The van der Waals surface area contributed by atoms with E-state index in [9.17, 15) is 25.5 Å². The van der Waals surface area contributed by atoms with Gasteiger partial charge in [0.25, 0.3) is 0 Å². The maximum absolute atomic E-state index is 10.2. The number of aliphatic hydroxyl groups is 5. The predicted octanol–water partition coefficient (Wildman–Crippen LogP) is 1.75. The second kappa shape index (κ2) is 17.8. The molecule has 32 heavy (non-hydrogen) atoms. The van der Waals surface area contributed by atoms with Crippen LogP contribution in [0.3, 0.4) is 0 Å². The summed E-state index contributed by atoms with van der Waals surface area (Å²) in [4.78, 5) is 0. The van der Waals surface area contributed by atoms with Gasteiger partial charge in [-0.05, 0) is 12.8 Å². The van der Waals surface area contributed by atoms with Crippen molar-refractivity contribution in [1.82, 2.24) is 0 Å². The van der Waals surface area contributed by atoms with Gasteiger partial charge in [-0.3, -0.25) is 0 Å². The minimum absolute atomic E-state index is 0.118. The monoisotopic (exact) mass is 461 g/mol. The van der Waals surface area contributed by atoms with Crippen LogP contribution < -0.4 is 5.73 Å². The predicted molar refractivity (Wildman–Crippen MR) is 124 cm³/mol. The van der Waals surface area contributed by atoms with E-state index in [1.165, 1.54) is 64.2 Å². The van der Waals surface area contributed by atoms with Crippen molar-refractivity contribution in [2.75, 3.05) is 13.2 Å². The van der Waals surface area contributed by atoms with Gasteiger partial charge in [0.1, 0.15) is 24.4 Å². The van der Waals surface area contributed by atoms with Gasteiger partial charge in [-0.25, -0.2) is 0 Å². The maximum atomic E-state index is 10.2. The Bertz CT molecular complexity index is 477. The number of nitrogens with two attached hydrogens (primary N) is 1. The van der Waals surface area contributed by atoms with Crippen LogP contribution in [0.2, 0.25) is 0 Å². The van der Waals surface area contributed by atoms with E-state index in [1.54, 1.807) is 6.08 Å². The summed E-state index contributed by atoms with van der Waals surface area (Å²) in [6, 6.07) is -0.740. The lowest BCUT2D eigenvalue weighted by atomic mass is 9.99. The molecule has 0 saturated carbocycles. The number of aliphatic hydroxyl groups excluding tert-OH is 5. The molecule has 1 aliphatic heterocycles. The molecule has 8 heteroatoms. The molecule has 1 saturated heterocycles. The van der Waals surface area contributed by atoms with Gasteiger partial charge in [-0.2, -0.15) is 0 Å². The van der Waals surface area contributed by atoms with Crippen molar-refractivity contribution in [3.63, 3.8) is 0 Å². The first-order valence-electron chi connectivity index (χ1n) is 12.4. The Morgan fingerprint density at radius 1 is 0.875 bits per heavy atom. The molecule has 1 aliphatic rings. The number of hydrogen-bond donors (Lipinski definition) is 6. The van der Waals surface area contributed by atoms with Crippen LogP contribution in [0.25, 0.3) is 0 Å². The highest BCUT2D eigenvalue weighted by Gasteiger charge is 2.44. The molecule has 0 aromatic carbocycles. The van der Waals surface area contributed by atoms with E-state index in [-0.39, 0.29) is 6.61 Å². The first-order chi connectivity index (χ1) is 15.4. The molecule has 0 bridgehead atoms. The first kappa shape index (κ1) is 29.5. The molecule has 7 atom stereocenters. The average molecular weight is 462 g/mol. The second-order valence-electron chi connectivity index (χ2n) is 8.94. The highest BCUT2D eigenvalue weighted by atomic mass is 16.7. The third-order valence-corrected chi connectivity index (χ3v) is 6.05. The van der Waals surface area contributed by atoms with Gasteiger partial charge in [0.05, 0.1) is 25.4 Å². The van der Waals surface area contributed by atoms with Gasteiger partial charge in [0, 0.05) is 0 Å². The van der Waals surface area contributed by atoms with E-state index in [2.05, 4.69) is 6.92 Å². The second-order valence-corrected chi connectivity index (χ2v) is 8.94. The fourth-order valence-corrected chi connectivity index (χ4v) is 3.81. The van der Waals surface area contributed by atoms with Gasteiger partial charge in [0.15, 0.2) is 6.29 Å². The van der Waals surface area contributed by atoms with Gasteiger partial charge >= 0.3 is 0 Å². The maximum Gasteiger partial charge on any atom is 0.186 e. The quantitative estimate of drug-likeness (QED) is 0.134. The number of allylic oxidation sites excluding steroid dienone is 1. The molecule has 2 unspecified atom stereocenters. The molecule has 0 radical (unpaired) electrons.